The minimum absolute atomic E-state index is 0.131. The molecule has 29 heavy (non-hydrogen) atoms. The highest BCUT2D eigenvalue weighted by Gasteiger charge is 2.22. The normalized spacial score (nSPS) is 13.7. The van der Waals surface area contributed by atoms with Crippen molar-refractivity contribution < 1.29 is 14.5 Å². The van der Waals surface area contributed by atoms with Gasteiger partial charge in [0.2, 0.25) is 0 Å². The molecule has 2 aromatic carbocycles. The summed E-state index contributed by atoms with van der Waals surface area (Å²) in [7, 11) is 0. The van der Waals surface area contributed by atoms with Crippen molar-refractivity contribution in [3.63, 3.8) is 0 Å². The van der Waals surface area contributed by atoms with Gasteiger partial charge in [0.1, 0.15) is 0 Å². The molecule has 1 saturated heterocycles. The van der Waals surface area contributed by atoms with Crippen molar-refractivity contribution in [3.8, 4) is 0 Å². The Kier molecular flexibility index (Phi) is 6.40. The molecule has 2 aromatic rings. The fraction of sp³-hybridized carbons (Fsp3) is 0.300. The van der Waals surface area contributed by atoms with Crippen LogP contribution in [0.15, 0.2) is 36.4 Å². The third-order valence-corrected chi connectivity index (χ3v) is 4.94. The molecule has 1 aliphatic heterocycles. The van der Waals surface area contributed by atoms with Gasteiger partial charge in [-0.25, -0.2) is 0 Å². The first-order valence-corrected chi connectivity index (χ1v) is 9.57. The first kappa shape index (κ1) is 20.7. The number of nitrogens with zero attached hydrogens (tertiary/aromatic N) is 2. The maximum atomic E-state index is 12.9. The monoisotopic (exact) mass is 414 g/mol. The molecule has 1 amide bonds. The smallest absolute Gasteiger partial charge is 0.270 e. The zero-order valence-electron chi connectivity index (χ0n) is 16.2. The summed E-state index contributed by atoms with van der Waals surface area (Å²) in [5.41, 5.74) is 3.47. The molecule has 3 rings (SSSR count). The Balaban J connectivity index is 1.83. The van der Waals surface area contributed by atoms with Gasteiger partial charge < -0.3 is 15.0 Å². The van der Waals surface area contributed by atoms with E-state index in [9.17, 15) is 14.9 Å². The number of rotatable bonds is 4. The Hall–Kier alpha value is -3.04. The average molecular weight is 414 g/mol. The summed E-state index contributed by atoms with van der Waals surface area (Å²) in [5.74, 6) is -0.501. The summed E-state index contributed by atoms with van der Waals surface area (Å²) >= 11 is 5.31. The number of nitro groups is 1. The van der Waals surface area contributed by atoms with Gasteiger partial charge in [-0.2, -0.15) is 0 Å². The van der Waals surface area contributed by atoms with Crippen LogP contribution < -0.4 is 15.5 Å². The molecule has 0 aliphatic carbocycles. The van der Waals surface area contributed by atoms with E-state index in [2.05, 4.69) is 10.6 Å². The van der Waals surface area contributed by atoms with Crippen LogP contribution >= 0.6 is 12.2 Å². The standard InChI is InChI=1S/C20H22N4O4S/c1-13-4-3-5-14(2)18(13)21-20(29)22-19(25)16-12-15(24(26)27)6-7-17(16)23-8-10-28-11-9-23/h3-7,12H,8-11H2,1-2H3,(H2,21,22,25,29). The minimum Gasteiger partial charge on any atom is -0.378 e. The summed E-state index contributed by atoms with van der Waals surface area (Å²) in [4.78, 5) is 25.6. The number of hydrogen-bond donors (Lipinski definition) is 2. The number of benzene rings is 2. The Morgan fingerprint density at radius 1 is 1.17 bits per heavy atom. The van der Waals surface area contributed by atoms with E-state index < -0.39 is 10.8 Å². The third kappa shape index (κ3) is 4.87. The van der Waals surface area contributed by atoms with Gasteiger partial charge in [0, 0.05) is 30.9 Å². The van der Waals surface area contributed by atoms with E-state index >= 15 is 0 Å². The van der Waals surface area contributed by atoms with E-state index in [0.717, 1.165) is 16.8 Å². The molecule has 0 saturated carbocycles. The SMILES string of the molecule is Cc1cccc(C)c1NC(=S)NC(=O)c1cc([N+](=O)[O-])ccc1N1CCOCC1. The highest BCUT2D eigenvalue weighted by molar-refractivity contribution is 7.80. The number of non-ortho nitro benzene ring substituents is 1. The molecule has 1 aliphatic rings. The number of nitrogens with one attached hydrogen (secondary N) is 2. The largest absolute Gasteiger partial charge is 0.378 e. The lowest BCUT2D eigenvalue weighted by molar-refractivity contribution is -0.384. The summed E-state index contributed by atoms with van der Waals surface area (Å²) in [5, 5.41) is 17.0. The maximum absolute atomic E-state index is 12.9. The van der Waals surface area contributed by atoms with Crippen LogP contribution in [0.4, 0.5) is 17.1 Å². The topological polar surface area (TPSA) is 96.7 Å². The summed E-state index contributed by atoms with van der Waals surface area (Å²) in [6, 6.07) is 10.1. The number of para-hydroxylation sites is 1. The van der Waals surface area contributed by atoms with Crippen molar-refractivity contribution in [2.45, 2.75) is 13.8 Å². The molecule has 0 spiro atoms. The van der Waals surface area contributed by atoms with E-state index in [0.29, 0.717) is 32.0 Å². The van der Waals surface area contributed by atoms with Crippen LogP contribution in [-0.2, 0) is 4.74 Å². The molecule has 1 fully saturated rings. The van der Waals surface area contributed by atoms with Gasteiger partial charge in [-0.3, -0.25) is 20.2 Å². The lowest BCUT2D eigenvalue weighted by Gasteiger charge is -2.30. The molecule has 0 bridgehead atoms. The number of amides is 1. The second kappa shape index (κ2) is 8.97. The molecule has 1 heterocycles. The molecule has 152 valence electrons. The van der Waals surface area contributed by atoms with E-state index in [1.807, 2.05) is 36.9 Å². The summed E-state index contributed by atoms with van der Waals surface area (Å²) < 4.78 is 5.36. The molecule has 0 atom stereocenters. The summed E-state index contributed by atoms with van der Waals surface area (Å²) in [6.45, 7) is 6.15. The molecule has 9 heteroatoms. The second-order valence-electron chi connectivity index (χ2n) is 6.73. The Morgan fingerprint density at radius 3 is 2.45 bits per heavy atom. The van der Waals surface area contributed by atoms with Gasteiger partial charge >= 0.3 is 0 Å². The maximum Gasteiger partial charge on any atom is 0.270 e. The highest BCUT2D eigenvalue weighted by Crippen LogP contribution is 2.26. The molecule has 0 aromatic heterocycles. The van der Waals surface area contributed by atoms with Crippen molar-refractivity contribution in [1.82, 2.24) is 5.32 Å². The van der Waals surface area contributed by atoms with Crippen LogP contribution in [0.3, 0.4) is 0 Å². The van der Waals surface area contributed by atoms with Crippen molar-refractivity contribution in [2.24, 2.45) is 0 Å². The van der Waals surface area contributed by atoms with Crippen molar-refractivity contribution >= 4 is 40.3 Å². The first-order chi connectivity index (χ1) is 13.9. The van der Waals surface area contributed by atoms with Gasteiger partial charge in [-0.15, -0.1) is 0 Å². The number of anilines is 2. The number of nitro benzene ring substituents is 1. The van der Waals surface area contributed by atoms with Gasteiger partial charge in [0.05, 0.1) is 29.4 Å². The van der Waals surface area contributed by atoms with Crippen LogP contribution in [0.25, 0.3) is 0 Å². The van der Waals surface area contributed by atoms with Crippen LogP contribution in [0, 0.1) is 24.0 Å². The zero-order valence-corrected chi connectivity index (χ0v) is 17.0. The predicted molar refractivity (Wildman–Crippen MR) is 116 cm³/mol. The second-order valence-corrected chi connectivity index (χ2v) is 7.14. The lowest BCUT2D eigenvalue weighted by atomic mass is 10.1. The Bertz CT molecular complexity index is 937. The Labute approximate surface area is 174 Å². The zero-order chi connectivity index (χ0) is 21.0. The summed E-state index contributed by atoms with van der Waals surface area (Å²) in [6.07, 6.45) is 0. The van der Waals surface area contributed by atoms with Crippen molar-refractivity contribution in [3.05, 3.63) is 63.2 Å². The van der Waals surface area contributed by atoms with Gasteiger partial charge in [0.15, 0.2) is 5.11 Å². The molecule has 0 radical (unpaired) electrons. The fourth-order valence-electron chi connectivity index (χ4n) is 3.23. The van der Waals surface area contributed by atoms with Crippen molar-refractivity contribution in [2.75, 3.05) is 36.5 Å². The molecule has 8 nitrogen and oxygen atoms in total. The Morgan fingerprint density at radius 2 is 1.83 bits per heavy atom. The average Bonchev–Trinajstić information content (AvgIpc) is 2.71. The van der Waals surface area contributed by atoms with Gasteiger partial charge in [-0.1, -0.05) is 18.2 Å². The number of aryl methyl sites for hydroxylation is 2. The van der Waals surface area contributed by atoms with Crippen molar-refractivity contribution in [1.29, 1.82) is 0 Å². The minimum atomic E-state index is -0.521. The number of thiocarbonyl (C=S) groups is 1. The van der Waals surface area contributed by atoms with Gasteiger partial charge in [0.25, 0.3) is 11.6 Å². The van der Waals surface area contributed by atoms with Crippen LogP contribution in [0.2, 0.25) is 0 Å². The lowest BCUT2D eigenvalue weighted by Crippen LogP contribution is -2.39. The van der Waals surface area contributed by atoms with Crippen LogP contribution in [-0.4, -0.2) is 42.2 Å². The number of morpholine rings is 1. The quantitative estimate of drug-likeness (QED) is 0.451. The first-order valence-electron chi connectivity index (χ1n) is 9.16. The van der Waals surface area contributed by atoms with E-state index in [1.165, 1.54) is 12.1 Å². The molecular weight excluding hydrogens is 392 g/mol. The number of hydrogen-bond acceptors (Lipinski definition) is 6. The molecule has 2 N–H and O–H groups in total. The van der Waals surface area contributed by atoms with Crippen LogP contribution in [0.1, 0.15) is 21.5 Å². The third-order valence-electron chi connectivity index (χ3n) is 4.73. The number of ether oxygens (including phenoxy) is 1. The fourth-order valence-corrected chi connectivity index (χ4v) is 3.42. The van der Waals surface area contributed by atoms with Crippen LogP contribution in [0.5, 0.6) is 0 Å². The van der Waals surface area contributed by atoms with Gasteiger partial charge in [-0.05, 0) is 43.3 Å². The molecule has 0 unspecified atom stereocenters. The van der Waals surface area contributed by atoms with E-state index in [1.54, 1.807) is 6.07 Å². The number of carbonyl (C=O) groups is 1. The van der Waals surface area contributed by atoms with E-state index in [4.69, 9.17) is 17.0 Å². The molecular formula is C20H22N4O4S. The predicted octanol–water partition coefficient (Wildman–Crippen LogP) is 3.18. The highest BCUT2D eigenvalue weighted by atomic mass is 32.1. The van der Waals surface area contributed by atoms with E-state index in [-0.39, 0.29) is 16.4 Å². The number of carbonyl (C=O) groups excluding carboxylic acids is 1.